The van der Waals surface area contributed by atoms with Crippen LogP contribution in [-0.4, -0.2) is 40.4 Å². The number of H-pyrrole nitrogens is 1. The molecular formula is C21H21N5O. The van der Waals surface area contributed by atoms with E-state index >= 15 is 0 Å². The number of nitriles is 1. The zero-order valence-electron chi connectivity index (χ0n) is 15.0. The molecular weight excluding hydrogens is 338 g/mol. The van der Waals surface area contributed by atoms with Crippen molar-refractivity contribution in [3.63, 3.8) is 0 Å². The number of amides is 1. The van der Waals surface area contributed by atoms with E-state index in [1.807, 2.05) is 30.3 Å². The Balaban J connectivity index is 1.35. The molecule has 3 aromatic rings. The minimum Gasteiger partial charge on any atom is -0.361 e. The van der Waals surface area contributed by atoms with Crippen molar-refractivity contribution in [3.05, 3.63) is 59.9 Å². The summed E-state index contributed by atoms with van der Waals surface area (Å²) in [5, 5.41) is 13.1. The lowest BCUT2D eigenvalue weighted by Gasteiger charge is -2.31. The SMILES string of the molecule is N#Cc1ccc2c(C3CCN(CC(=O)Nc4ccccn4)CC3)c[nH]c2c1. The Bertz CT molecular complexity index is 981. The monoisotopic (exact) mass is 359 g/mol. The summed E-state index contributed by atoms with van der Waals surface area (Å²) in [4.78, 5) is 21.8. The zero-order valence-corrected chi connectivity index (χ0v) is 15.0. The number of nitrogens with one attached hydrogen (secondary N) is 2. The number of piperidine rings is 1. The number of fused-ring (bicyclic) bond motifs is 1. The van der Waals surface area contributed by atoms with Crippen LogP contribution in [0.15, 0.2) is 48.8 Å². The summed E-state index contributed by atoms with van der Waals surface area (Å²) in [5.41, 5.74) is 3.00. The Morgan fingerprint density at radius 2 is 2.15 bits per heavy atom. The maximum absolute atomic E-state index is 12.2. The number of rotatable bonds is 4. The number of aromatic nitrogens is 2. The fraction of sp³-hybridized carbons (Fsp3) is 0.286. The van der Waals surface area contributed by atoms with Gasteiger partial charge in [-0.15, -0.1) is 0 Å². The average molecular weight is 359 g/mol. The van der Waals surface area contributed by atoms with E-state index in [2.05, 4.69) is 32.5 Å². The molecule has 4 rings (SSSR count). The molecule has 0 unspecified atom stereocenters. The van der Waals surface area contributed by atoms with Crippen LogP contribution < -0.4 is 5.32 Å². The maximum atomic E-state index is 12.2. The van der Waals surface area contributed by atoms with E-state index in [1.165, 1.54) is 10.9 Å². The van der Waals surface area contributed by atoms with Crippen LogP contribution in [-0.2, 0) is 4.79 Å². The van der Waals surface area contributed by atoms with Crippen molar-refractivity contribution in [1.29, 1.82) is 5.26 Å². The van der Waals surface area contributed by atoms with Gasteiger partial charge in [0.1, 0.15) is 5.82 Å². The molecule has 1 aromatic carbocycles. The molecule has 0 saturated carbocycles. The summed E-state index contributed by atoms with van der Waals surface area (Å²) in [6.07, 6.45) is 5.77. The second-order valence-electron chi connectivity index (χ2n) is 6.93. The van der Waals surface area contributed by atoms with E-state index in [1.54, 1.807) is 12.3 Å². The first-order valence-electron chi connectivity index (χ1n) is 9.17. The number of carbonyl (C=O) groups excluding carboxylic acids is 1. The number of hydrogen-bond donors (Lipinski definition) is 2. The molecule has 0 bridgehead atoms. The lowest BCUT2D eigenvalue weighted by molar-refractivity contribution is -0.117. The number of anilines is 1. The quantitative estimate of drug-likeness (QED) is 0.749. The van der Waals surface area contributed by atoms with Crippen LogP contribution in [0.3, 0.4) is 0 Å². The third kappa shape index (κ3) is 3.83. The van der Waals surface area contributed by atoms with E-state index in [0.717, 1.165) is 31.4 Å². The Kier molecular flexibility index (Phi) is 4.86. The zero-order chi connectivity index (χ0) is 18.6. The van der Waals surface area contributed by atoms with Gasteiger partial charge in [-0.3, -0.25) is 9.69 Å². The molecule has 0 spiro atoms. The highest BCUT2D eigenvalue weighted by Gasteiger charge is 2.24. The fourth-order valence-electron chi connectivity index (χ4n) is 3.78. The third-order valence-electron chi connectivity index (χ3n) is 5.17. The molecule has 2 N–H and O–H groups in total. The predicted molar refractivity (Wildman–Crippen MR) is 104 cm³/mol. The molecule has 1 saturated heterocycles. The van der Waals surface area contributed by atoms with Gasteiger partial charge in [0, 0.05) is 23.3 Å². The van der Waals surface area contributed by atoms with Crippen LogP contribution in [0.5, 0.6) is 0 Å². The molecule has 2 aromatic heterocycles. The smallest absolute Gasteiger partial charge is 0.239 e. The summed E-state index contributed by atoms with van der Waals surface area (Å²) in [6, 6.07) is 13.5. The van der Waals surface area contributed by atoms with E-state index in [9.17, 15) is 4.79 Å². The van der Waals surface area contributed by atoms with E-state index in [-0.39, 0.29) is 5.91 Å². The maximum Gasteiger partial charge on any atom is 0.239 e. The third-order valence-corrected chi connectivity index (χ3v) is 5.17. The summed E-state index contributed by atoms with van der Waals surface area (Å²) < 4.78 is 0. The Hall–Kier alpha value is -3.17. The van der Waals surface area contributed by atoms with Gasteiger partial charge in [-0.05, 0) is 61.7 Å². The summed E-state index contributed by atoms with van der Waals surface area (Å²) >= 11 is 0. The molecule has 1 fully saturated rings. The second-order valence-corrected chi connectivity index (χ2v) is 6.93. The van der Waals surface area contributed by atoms with Crippen molar-refractivity contribution in [2.45, 2.75) is 18.8 Å². The molecule has 6 nitrogen and oxygen atoms in total. The minimum absolute atomic E-state index is 0.0247. The standard InChI is InChI=1S/C21H21N5O/c22-12-15-4-5-17-18(13-24-19(17)11-15)16-6-9-26(10-7-16)14-21(27)25-20-3-1-2-8-23-20/h1-5,8,11,13,16,24H,6-7,9-10,14H2,(H,23,25,27). The number of hydrogen-bond acceptors (Lipinski definition) is 4. The molecule has 27 heavy (non-hydrogen) atoms. The van der Waals surface area contributed by atoms with E-state index in [4.69, 9.17) is 5.26 Å². The summed E-state index contributed by atoms with van der Waals surface area (Å²) in [5.74, 6) is 1.04. The fourth-order valence-corrected chi connectivity index (χ4v) is 3.78. The highest BCUT2D eigenvalue weighted by atomic mass is 16.2. The van der Waals surface area contributed by atoms with E-state index < -0.39 is 0 Å². The topological polar surface area (TPSA) is 84.8 Å². The minimum atomic E-state index is -0.0247. The molecule has 0 radical (unpaired) electrons. The largest absolute Gasteiger partial charge is 0.361 e. The highest BCUT2D eigenvalue weighted by Crippen LogP contribution is 2.33. The summed E-state index contributed by atoms with van der Waals surface area (Å²) in [6.45, 7) is 2.18. The molecule has 0 atom stereocenters. The lowest BCUT2D eigenvalue weighted by atomic mass is 9.89. The van der Waals surface area contributed by atoms with Crippen molar-refractivity contribution < 1.29 is 4.79 Å². The van der Waals surface area contributed by atoms with Crippen LogP contribution in [0.2, 0.25) is 0 Å². The van der Waals surface area contributed by atoms with E-state index in [0.29, 0.717) is 23.8 Å². The van der Waals surface area contributed by atoms with Crippen molar-refractivity contribution >= 4 is 22.6 Å². The molecule has 1 amide bonds. The van der Waals surface area contributed by atoms with Gasteiger partial charge in [0.2, 0.25) is 5.91 Å². The Morgan fingerprint density at radius 1 is 1.30 bits per heavy atom. The van der Waals surface area contributed by atoms with Crippen LogP contribution in [0.25, 0.3) is 10.9 Å². The van der Waals surface area contributed by atoms with Gasteiger partial charge in [0.15, 0.2) is 0 Å². The molecule has 6 heteroatoms. The predicted octanol–water partition coefficient (Wildman–Crippen LogP) is 3.25. The van der Waals surface area contributed by atoms with Crippen LogP contribution in [0, 0.1) is 11.3 Å². The number of likely N-dealkylation sites (tertiary alicyclic amines) is 1. The van der Waals surface area contributed by atoms with Gasteiger partial charge in [0.05, 0.1) is 18.2 Å². The first-order valence-corrected chi connectivity index (χ1v) is 9.17. The van der Waals surface area contributed by atoms with Crippen molar-refractivity contribution in [2.75, 3.05) is 25.0 Å². The number of carbonyl (C=O) groups is 1. The number of nitrogens with zero attached hydrogens (tertiary/aromatic N) is 3. The first kappa shape index (κ1) is 17.3. The van der Waals surface area contributed by atoms with Gasteiger partial charge in [-0.25, -0.2) is 4.98 Å². The van der Waals surface area contributed by atoms with Crippen molar-refractivity contribution in [1.82, 2.24) is 14.9 Å². The molecule has 1 aliphatic heterocycles. The number of benzene rings is 1. The van der Waals surface area contributed by atoms with Gasteiger partial charge >= 0.3 is 0 Å². The number of pyridine rings is 1. The van der Waals surface area contributed by atoms with Gasteiger partial charge in [0.25, 0.3) is 0 Å². The Labute approximate surface area is 157 Å². The molecule has 3 heterocycles. The second kappa shape index (κ2) is 7.60. The molecule has 136 valence electrons. The van der Waals surface area contributed by atoms with Crippen LogP contribution >= 0.6 is 0 Å². The van der Waals surface area contributed by atoms with Crippen molar-refractivity contribution in [2.24, 2.45) is 0 Å². The van der Waals surface area contributed by atoms with Crippen LogP contribution in [0.1, 0.15) is 29.9 Å². The normalized spacial score (nSPS) is 15.5. The molecule has 0 aliphatic carbocycles. The van der Waals surface area contributed by atoms with Crippen LogP contribution in [0.4, 0.5) is 5.82 Å². The first-order chi connectivity index (χ1) is 13.2. The summed E-state index contributed by atoms with van der Waals surface area (Å²) in [7, 11) is 0. The van der Waals surface area contributed by atoms with Crippen molar-refractivity contribution in [3.8, 4) is 6.07 Å². The average Bonchev–Trinajstić information content (AvgIpc) is 3.12. The van der Waals surface area contributed by atoms with Gasteiger partial charge < -0.3 is 10.3 Å². The lowest BCUT2D eigenvalue weighted by Crippen LogP contribution is -2.38. The van der Waals surface area contributed by atoms with Gasteiger partial charge in [-0.1, -0.05) is 12.1 Å². The Morgan fingerprint density at radius 3 is 2.89 bits per heavy atom. The molecule has 1 aliphatic rings. The highest BCUT2D eigenvalue weighted by molar-refractivity contribution is 5.91. The van der Waals surface area contributed by atoms with Gasteiger partial charge in [-0.2, -0.15) is 5.26 Å². The number of aromatic amines is 1.